The number of hydrogen-bond donors (Lipinski definition) is 1. The molecule has 0 aliphatic heterocycles. The van der Waals surface area contributed by atoms with E-state index in [1.807, 2.05) is 30.3 Å². The topological polar surface area (TPSA) is 81.7 Å². The lowest BCUT2D eigenvalue weighted by Gasteiger charge is -2.14. The van der Waals surface area contributed by atoms with E-state index in [0.717, 1.165) is 11.1 Å². The van der Waals surface area contributed by atoms with Crippen molar-refractivity contribution in [1.82, 2.24) is 5.32 Å². The Balaban J connectivity index is 2.64. The summed E-state index contributed by atoms with van der Waals surface area (Å²) >= 11 is 3.31. The number of carbonyl (C=O) groups excluding carboxylic acids is 3. The smallest absolute Gasteiger partial charge is 0.333 e. The lowest BCUT2D eigenvalue weighted by molar-refractivity contribution is -0.147. The first-order chi connectivity index (χ1) is 11.6. The van der Waals surface area contributed by atoms with Crippen molar-refractivity contribution in [2.24, 2.45) is 0 Å². The summed E-state index contributed by atoms with van der Waals surface area (Å²) in [6.45, 7) is 1.66. The quantitative estimate of drug-likeness (QED) is 0.283. The third-order valence-electron chi connectivity index (χ3n) is 3.03. The van der Waals surface area contributed by atoms with E-state index in [1.165, 1.54) is 6.92 Å². The Hall–Kier alpha value is -2.15. The molecular formula is C17H20BrNO5. The number of amides is 1. The van der Waals surface area contributed by atoms with E-state index >= 15 is 0 Å². The van der Waals surface area contributed by atoms with Crippen molar-refractivity contribution >= 4 is 34.3 Å². The van der Waals surface area contributed by atoms with Gasteiger partial charge in [0, 0.05) is 18.7 Å². The first-order valence-electron chi connectivity index (χ1n) is 7.36. The van der Waals surface area contributed by atoms with Crippen molar-refractivity contribution in [1.29, 1.82) is 0 Å². The van der Waals surface area contributed by atoms with Gasteiger partial charge >= 0.3 is 11.9 Å². The van der Waals surface area contributed by atoms with Crippen LogP contribution in [0, 0.1) is 0 Å². The third-order valence-corrected chi connectivity index (χ3v) is 3.75. The monoisotopic (exact) mass is 397 g/mol. The van der Waals surface area contributed by atoms with Crippen LogP contribution in [0.3, 0.4) is 0 Å². The lowest BCUT2D eigenvalue weighted by atomic mass is 10.1. The van der Waals surface area contributed by atoms with Gasteiger partial charge in [-0.25, -0.2) is 4.79 Å². The highest BCUT2D eigenvalue weighted by Gasteiger charge is 2.17. The molecule has 0 radical (unpaired) electrons. The van der Waals surface area contributed by atoms with Crippen molar-refractivity contribution in [2.45, 2.75) is 26.0 Å². The van der Waals surface area contributed by atoms with Gasteiger partial charge in [-0.05, 0) is 5.56 Å². The number of halogens is 1. The van der Waals surface area contributed by atoms with Crippen molar-refractivity contribution < 1.29 is 23.9 Å². The van der Waals surface area contributed by atoms with Crippen LogP contribution in [0.2, 0.25) is 0 Å². The number of hydrogen-bond acceptors (Lipinski definition) is 5. The fraction of sp³-hybridized carbons (Fsp3) is 0.353. The molecule has 0 fully saturated rings. The minimum Gasteiger partial charge on any atom is -0.466 e. The average Bonchev–Trinajstić information content (AvgIpc) is 2.58. The predicted octanol–water partition coefficient (Wildman–Crippen LogP) is 2.12. The van der Waals surface area contributed by atoms with Crippen molar-refractivity contribution in [3.8, 4) is 0 Å². The fourth-order valence-corrected chi connectivity index (χ4v) is 2.30. The first kappa shape index (κ1) is 19.9. The predicted molar refractivity (Wildman–Crippen MR) is 92.4 cm³/mol. The van der Waals surface area contributed by atoms with Gasteiger partial charge in [0.1, 0.15) is 12.6 Å². The number of benzene rings is 1. The zero-order valence-electron chi connectivity index (χ0n) is 13.4. The molecular weight excluding hydrogens is 378 g/mol. The van der Waals surface area contributed by atoms with E-state index in [-0.39, 0.29) is 19.2 Å². The Kier molecular flexibility index (Phi) is 9.45. The molecule has 1 aromatic rings. The number of esters is 2. The molecule has 1 aromatic carbocycles. The van der Waals surface area contributed by atoms with Gasteiger partial charge in [-0.15, -0.1) is 0 Å². The van der Waals surface area contributed by atoms with Gasteiger partial charge < -0.3 is 14.8 Å². The Morgan fingerprint density at radius 1 is 1.25 bits per heavy atom. The van der Waals surface area contributed by atoms with Crippen LogP contribution in [-0.4, -0.2) is 36.3 Å². The molecule has 0 aromatic heterocycles. The SMILES string of the molecule is CC(=O)OCCC(=CC(NC=O)C(=O)OCc1ccccc1)CBr. The Morgan fingerprint density at radius 3 is 2.54 bits per heavy atom. The van der Waals surface area contributed by atoms with Crippen molar-refractivity contribution in [2.75, 3.05) is 11.9 Å². The largest absolute Gasteiger partial charge is 0.466 e. The van der Waals surface area contributed by atoms with Crippen LogP contribution in [0.5, 0.6) is 0 Å². The van der Waals surface area contributed by atoms with Crippen LogP contribution in [0.15, 0.2) is 42.0 Å². The van der Waals surface area contributed by atoms with E-state index in [2.05, 4.69) is 21.2 Å². The van der Waals surface area contributed by atoms with Crippen LogP contribution in [0.4, 0.5) is 0 Å². The number of ether oxygens (including phenoxy) is 2. The molecule has 0 heterocycles. The highest BCUT2D eigenvalue weighted by molar-refractivity contribution is 9.09. The molecule has 1 N–H and O–H groups in total. The summed E-state index contributed by atoms with van der Waals surface area (Å²) in [7, 11) is 0. The third kappa shape index (κ3) is 7.92. The second-order valence-electron chi connectivity index (χ2n) is 4.90. The van der Waals surface area contributed by atoms with E-state index in [1.54, 1.807) is 6.08 Å². The maximum absolute atomic E-state index is 12.2. The molecule has 1 amide bonds. The molecule has 24 heavy (non-hydrogen) atoms. The Labute approximate surface area is 149 Å². The molecule has 0 spiro atoms. The maximum Gasteiger partial charge on any atom is 0.333 e. The van der Waals surface area contributed by atoms with Gasteiger partial charge in [-0.2, -0.15) is 0 Å². The summed E-state index contributed by atoms with van der Waals surface area (Å²) in [6.07, 6.45) is 2.50. The summed E-state index contributed by atoms with van der Waals surface area (Å²) in [4.78, 5) is 33.7. The summed E-state index contributed by atoms with van der Waals surface area (Å²) in [5.41, 5.74) is 1.67. The lowest BCUT2D eigenvalue weighted by Crippen LogP contribution is -2.36. The molecule has 0 bridgehead atoms. The number of carbonyl (C=O) groups is 3. The van der Waals surface area contributed by atoms with Gasteiger partial charge in [0.25, 0.3) is 0 Å². The first-order valence-corrected chi connectivity index (χ1v) is 8.48. The van der Waals surface area contributed by atoms with Gasteiger partial charge in [-0.1, -0.05) is 57.9 Å². The highest BCUT2D eigenvalue weighted by atomic mass is 79.9. The van der Waals surface area contributed by atoms with Gasteiger partial charge in [0.15, 0.2) is 0 Å². The van der Waals surface area contributed by atoms with Gasteiger partial charge in [0.2, 0.25) is 6.41 Å². The zero-order chi connectivity index (χ0) is 17.8. The Bertz CT molecular complexity index is 574. The van der Waals surface area contributed by atoms with Gasteiger partial charge in [-0.3, -0.25) is 9.59 Å². The molecule has 6 nitrogen and oxygen atoms in total. The minimum atomic E-state index is -0.893. The molecule has 1 unspecified atom stereocenters. The Morgan fingerprint density at radius 2 is 1.96 bits per heavy atom. The van der Waals surface area contributed by atoms with Crippen LogP contribution >= 0.6 is 15.9 Å². The van der Waals surface area contributed by atoms with Crippen LogP contribution in [0.25, 0.3) is 0 Å². The minimum absolute atomic E-state index is 0.127. The number of alkyl halides is 1. The molecule has 130 valence electrons. The summed E-state index contributed by atoms with van der Waals surface area (Å²) in [5.74, 6) is -0.925. The fourth-order valence-electron chi connectivity index (χ4n) is 1.83. The van der Waals surface area contributed by atoms with Crippen molar-refractivity contribution in [3.63, 3.8) is 0 Å². The highest BCUT2D eigenvalue weighted by Crippen LogP contribution is 2.09. The summed E-state index contributed by atoms with van der Waals surface area (Å²) < 4.78 is 10.1. The molecule has 0 saturated heterocycles. The van der Waals surface area contributed by atoms with Gasteiger partial charge in [0.05, 0.1) is 6.61 Å². The summed E-state index contributed by atoms with van der Waals surface area (Å²) in [6, 6.07) is 8.36. The molecule has 1 atom stereocenters. The summed E-state index contributed by atoms with van der Waals surface area (Å²) in [5, 5.41) is 2.91. The van der Waals surface area contributed by atoms with Crippen molar-refractivity contribution in [3.05, 3.63) is 47.5 Å². The average molecular weight is 398 g/mol. The molecule has 1 rings (SSSR count). The van der Waals surface area contributed by atoms with E-state index in [9.17, 15) is 14.4 Å². The standard InChI is InChI=1S/C17H20BrNO5/c1-13(21)23-8-7-15(10-18)9-16(19-12-20)17(22)24-11-14-5-3-2-4-6-14/h2-6,9,12,16H,7-8,10-11H2,1H3,(H,19,20). The normalized spacial score (nSPS) is 12.2. The number of rotatable bonds is 10. The van der Waals surface area contributed by atoms with E-state index in [4.69, 9.17) is 9.47 Å². The van der Waals surface area contributed by atoms with Crippen LogP contribution < -0.4 is 5.32 Å². The van der Waals surface area contributed by atoms with E-state index in [0.29, 0.717) is 18.2 Å². The molecule has 0 saturated carbocycles. The second kappa shape index (κ2) is 11.4. The zero-order valence-corrected chi connectivity index (χ0v) is 15.0. The molecule has 7 heteroatoms. The maximum atomic E-state index is 12.2. The molecule has 0 aliphatic rings. The number of nitrogens with one attached hydrogen (secondary N) is 1. The van der Waals surface area contributed by atoms with Crippen LogP contribution in [0.1, 0.15) is 18.9 Å². The van der Waals surface area contributed by atoms with E-state index < -0.39 is 12.0 Å². The van der Waals surface area contributed by atoms with Crippen LogP contribution in [-0.2, 0) is 30.5 Å². The second-order valence-corrected chi connectivity index (χ2v) is 5.46. The molecule has 0 aliphatic carbocycles.